The van der Waals surface area contributed by atoms with Gasteiger partial charge in [-0.1, -0.05) is 30.3 Å². The molecule has 0 aliphatic rings. The van der Waals surface area contributed by atoms with E-state index < -0.39 is 4.92 Å². The van der Waals surface area contributed by atoms with Gasteiger partial charge in [0.2, 0.25) is 5.91 Å². The van der Waals surface area contributed by atoms with E-state index in [0.717, 1.165) is 5.69 Å². The molecule has 0 radical (unpaired) electrons. The lowest BCUT2D eigenvalue weighted by atomic mass is 10.2. The lowest BCUT2D eigenvalue weighted by Gasteiger charge is -2.26. The zero-order valence-corrected chi connectivity index (χ0v) is 15.0. The van der Waals surface area contributed by atoms with Gasteiger partial charge < -0.3 is 4.90 Å². The highest BCUT2D eigenvalue weighted by atomic mass is 16.6. The zero-order valence-electron chi connectivity index (χ0n) is 15.0. The molecule has 0 atom stereocenters. The second-order valence-corrected chi connectivity index (χ2v) is 6.27. The highest BCUT2D eigenvalue weighted by molar-refractivity contribution is 5.93. The van der Waals surface area contributed by atoms with E-state index >= 15 is 0 Å². The lowest BCUT2D eigenvalue weighted by Crippen LogP contribution is -2.39. The van der Waals surface area contributed by atoms with Crippen LogP contribution in [0.5, 0.6) is 0 Å². The van der Waals surface area contributed by atoms with Crippen LogP contribution in [0.4, 0.5) is 11.4 Å². The Morgan fingerprint density at radius 1 is 1.19 bits per heavy atom. The van der Waals surface area contributed by atoms with Crippen LogP contribution in [-0.4, -0.2) is 31.6 Å². The van der Waals surface area contributed by atoms with Crippen molar-refractivity contribution >= 4 is 17.3 Å². The molecular weight excluding hydrogens is 346 g/mol. The van der Waals surface area contributed by atoms with E-state index in [2.05, 4.69) is 10.1 Å². The van der Waals surface area contributed by atoms with Gasteiger partial charge in [-0.15, -0.1) is 0 Å². The smallest absolute Gasteiger partial charge is 0.270 e. The summed E-state index contributed by atoms with van der Waals surface area (Å²) >= 11 is 0. The van der Waals surface area contributed by atoms with E-state index in [0.29, 0.717) is 11.4 Å². The fourth-order valence-electron chi connectivity index (χ4n) is 2.80. The number of nitro benzene ring substituents is 1. The van der Waals surface area contributed by atoms with Crippen molar-refractivity contribution in [2.24, 2.45) is 0 Å². The SMILES string of the molecule is CC(C)N(C(=O)Cn1cnc(-c2cccc([N+](=O)[O-])c2)n1)c1ccccc1. The summed E-state index contributed by atoms with van der Waals surface area (Å²) in [4.78, 5) is 29.1. The van der Waals surface area contributed by atoms with Crippen LogP contribution < -0.4 is 4.90 Å². The number of carbonyl (C=O) groups excluding carboxylic acids is 1. The molecule has 0 saturated carbocycles. The topological polar surface area (TPSA) is 94.2 Å². The van der Waals surface area contributed by atoms with Crippen molar-refractivity contribution in [2.45, 2.75) is 26.4 Å². The molecule has 0 spiro atoms. The summed E-state index contributed by atoms with van der Waals surface area (Å²) in [5.41, 5.74) is 1.31. The van der Waals surface area contributed by atoms with E-state index in [4.69, 9.17) is 0 Å². The van der Waals surface area contributed by atoms with Crippen LogP contribution in [0.1, 0.15) is 13.8 Å². The Morgan fingerprint density at radius 2 is 1.93 bits per heavy atom. The van der Waals surface area contributed by atoms with Crippen molar-refractivity contribution < 1.29 is 9.72 Å². The van der Waals surface area contributed by atoms with Gasteiger partial charge in [-0.2, -0.15) is 5.10 Å². The quantitative estimate of drug-likeness (QED) is 0.493. The van der Waals surface area contributed by atoms with Crippen LogP contribution in [0.2, 0.25) is 0 Å². The van der Waals surface area contributed by atoms with Gasteiger partial charge in [-0.25, -0.2) is 9.67 Å². The number of nitrogens with zero attached hydrogens (tertiary/aromatic N) is 5. The third-order valence-electron chi connectivity index (χ3n) is 3.97. The first-order chi connectivity index (χ1) is 13.0. The maximum Gasteiger partial charge on any atom is 0.270 e. The van der Waals surface area contributed by atoms with Gasteiger partial charge in [0.25, 0.3) is 5.69 Å². The molecule has 8 nitrogen and oxygen atoms in total. The second-order valence-electron chi connectivity index (χ2n) is 6.27. The molecule has 2 aromatic carbocycles. The summed E-state index contributed by atoms with van der Waals surface area (Å²) in [5, 5.41) is 15.2. The Hall–Kier alpha value is -3.55. The number of rotatable bonds is 6. The minimum Gasteiger partial charge on any atom is -0.308 e. The zero-order chi connectivity index (χ0) is 19.4. The fourth-order valence-corrected chi connectivity index (χ4v) is 2.80. The Kier molecular flexibility index (Phi) is 5.25. The molecule has 0 fully saturated rings. The maximum atomic E-state index is 12.8. The fraction of sp³-hybridized carbons (Fsp3) is 0.211. The number of amides is 1. The van der Waals surface area contributed by atoms with Gasteiger partial charge in [-0.05, 0) is 26.0 Å². The van der Waals surface area contributed by atoms with Gasteiger partial charge >= 0.3 is 0 Å². The summed E-state index contributed by atoms with van der Waals surface area (Å²) in [6.45, 7) is 3.91. The van der Waals surface area contributed by atoms with E-state index in [1.807, 2.05) is 44.2 Å². The Morgan fingerprint density at radius 3 is 2.59 bits per heavy atom. The monoisotopic (exact) mass is 365 g/mol. The van der Waals surface area contributed by atoms with Crippen molar-refractivity contribution in [2.75, 3.05) is 4.90 Å². The van der Waals surface area contributed by atoms with Crippen molar-refractivity contribution in [3.8, 4) is 11.4 Å². The van der Waals surface area contributed by atoms with Crippen molar-refractivity contribution in [3.63, 3.8) is 0 Å². The number of aromatic nitrogens is 3. The van der Waals surface area contributed by atoms with Gasteiger partial charge in [0, 0.05) is 29.4 Å². The molecule has 3 aromatic rings. The number of hydrogen-bond acceptors (Lipinski definition) is 5. The molecule has 1 aromatic heterocycles. The molecule has 0 unspecified atom stereocenters. The molecule has 27 heavy (non-hydrogen) atoms. The standard InChI is InChI=1S/C19H19N5O3/c1-14(2)23(16-8-4-3-5-9-16)18(25)12-22-13-20-19(21-22)15-7-6-10-17(11-15)24(26)27/h3-11,13-14H,12H2,1-2H3. The molecule has 0 N–H and O–H groups in total. The number of nitro groups is 1. The molecule has 0 aliphatic carbocycles. The van der Waals surface area contributed by atoms with Gasteiger partial charge in [0.1, 0.15) is 12.9 Å². The molecule has 0 saturated heterocycles. The number of benzene rings is 2. The Labute approximate surface area is 156 Å². The first-order valence-electron chi connectivity index (χ1n) is 8.47. The van der Waals surface area contributed by atoms with Gasteiger partial charge in [0.05, 0.1) is 4.92 Å². The highest BCUT2D eigenvalue weighted by Crippen LogP contribution is 2.21. The van der Waals surface area contributed by atoms with E-state index in [1.54, 1.807) is 17.0 Å². The van der Waals surface area contributed by atoms with Crippen LogP contribution in [0.3, 0.4) is 0 Å². The summed E-state index contributed by atoms with van der Waals surface area (Å²) < 4.78 is 1.44. The third-order valence-corrected chi connectivity index (χ3v) is 3.97. The van der Waals surface area contributed by atoms with E-state index in [-0.39, 0.29) is 24.2 Å². The summed E-state index contributed by atoms with van der Waals surface area (Å²) in [5.74, 6) is 0.217. The molecule has 0 aliphatic heterocycles. The number of carbonyl (C=O) groups is 1. The normalized spacial score (nSPS) is 10.8. The Balaban J connectivity index is 1.80. The first-order valence-corrected chi connectivity index (χ1v) is 8.47. The van der Waals surface area contributed by atoms with Crippen LogP contribution >= 0.6 is 0 Å². The predicted octanol–water partition coefficient (Wildman–Crippen LogP) is 3.29. The molecule has 3 rings (SSSR count). The number of para-hydroxylation sites is 1. The average molecular weight is 365 g/mol. The van der Waals surface area contributed by atoms with Gasteiger partial charge in [0.15, 0.2) is 5.82 Å². The summed E-state index contributed by atoms with van der Waals surface area (Å²) in [6.07, 6.45) is 1.45. The van der Waals surface area contributed by atoms with Crippen molar-refractivity contribution in [1.29, 1.82) is 0 Å². The largest absolute Gasteiger partial charge is 0.308 e. The first kappa shape index (κ1) is 18.2. The molecule has 8 heteroatoms. The third kappa shape index (κ3) is 4.17. The van der Waals surface area contributed by atoms with Crippen LogP contribution in [0.25, 0.3) is 11.4 Å². The number of anilines is 1. The van der Waals surface area contributed by atoms with Crippen molar-refractivity contribution in [1.82, 2.24) is 14.8 Å². The maximum absolute atomic E-state index is 12.8. The van der Waals surface area contributed by atoms with E-state index in [1.165, 1.54) is 23.1 Å². The minimum atomic E-state index is -0.468. The van der Waals surface area contributed by atoms with Crippen LogP contribution in [0, 0.1) is 10.1 Å². The predicted molar refractivity (Wildman–Crippen MR) is 101 cm³/mol. The lowest BCUT2D eigenvalue weighted by molar-refractivity contribution is -0.384. The molecule has 1 heterocycles. The van der Waals surface area contributed by atoms with Crippen molar-refractivity contribution in [3.05, 3.63) is 71.0 Å². The van der Waals surface area contributed by atoms with Crippen LogP contribution in [-0.2, 0) is 11.3 Å². The molecular formula is C19H19N5O3. The average Bonchev–Trinajstić information content (AvgIpc) is 3.11. The number of hydrogen-bond donors (Lipinski definition) is 0. The van der Waals surface area contributed by atoms with E-state index in [9.17, 15) is 14.9 Å². The number of non-ortho nitro benzene ring substituents is 1. The molecule has 138 valence electrons. The van der Waals surface area contributed by atoms with Gasteiger partial charge in [-0.3, -0.25) is 14.9 Å². The molecule has 1 amide bonds. The second kappa shape index (κ2) is 7.77. The molecule has 0 bridgehead atoms. The highest BCUT2D eigenvalue weighted by Gasteiger charge is 2.20. The minimum absolute atomic E-state index is 0.0142. The summed E-state index contributed by atoms with van der Waals surface area (Å²) in [7, 11) is 0. The Bertz CT molecular complexity index is 953. The summed E-state index contributed by atoms with van der Waals surface area (Å²) in [6, 6.07) is 15.5. The van der Waals surface area contributed by atoms with Crippen LogP contribution in [0.15, 0.2) is 60.9 Å².